The van der Waals surface area contributed by atoms with E-state index in [1.807, 2.05) is 24.3 Å². The third-order valence-corrected chi connectivity index (χ3v) is 3.84. The smallest absolute Gasteiger partial charge is 0.127 e. The van der Waals surface area contributed by atoms with Crippen LogP contribution in [-0.2, 0) is 6.54 Å². The Morgan fingerprint density at radius 2 is 2.00 bits per heavy atom. The zero-order valence-corrected chi connectivity index (χ0v) is 14.3. The van der Waals surface area contributed by atoms with Crippen molar-refractivity contribution in [1.82, 2.24) is 15.2 Å². The van der Waals surface area contributed by atoms with Gasteiger partial charge in [0.1, 0.15) is 22.5 Å². The van der Waals surface area contributed by atoms with Gasteiger partial charge in [0.25, 0.3) is 0 Å². The van der Waals surface area contributed by atoms with Crippen molar-refractivity contribution in [3.63, 3.8) is 0 Å². The molecule has 3 aromatic rings. The maximum atomic E-state index is 5.41. The number of hydrogen-bond donors (Lipinski definition) is 1. The summed E-state index contributed by atoms with van der Waals surface area (Å²) in [4.78, 5) is 4.40. The molecule has 0 bridgehead atoms. The molecule has 0 aliphatic rings. The number of hydrogen-bond acceptors (Lipinski definition) is 6. The summed E-state index contributed by atoms with van der Waals surface area (Å²) in [7, 11) is 3.27. The lowest BCUT2D eigenvalue weighted by atomic mass is 10.2. The van der Waals surface area contributed by atoms with Crippen LogP contribution in [-0.4, -0.2) is 29.4 Å². The molecule has 118 valence electrons. The maximum absolute atomic E-state index is 5.41. The van der Waals surface area contributed by atoms with Crippen LogP contribution in [0.5, 0.6) is 11.5 Å². The summed E-state index contributed by atoms with van der Waals surface area (Å²) in [6.07, 6.45) is 3.41. The van der Waals surface area contributed by atoms with Gasteiger partial charge in [0.05, 0.1) is 26.1 Å². The predicted molar refractivity (Wildman–Crippen MR) is 91.9 cm³/mol. The second kappa shape index (κ2) is 6.78. The SMILES string of the molecule is COc1ccc(CNc2cnnc3cc(Br)cnc23)c(OC)c1. The Bertz CT molecular complexity index is 841. The minimum absolute atomic E-state index is 0.575. The van der Waals surface area contributed by atoms with E-state index in [2.05, 4.69) is 36.4 Å². The van der Waals surface area contributed by atoms with E-state index in [1.54, 1.807) is 26.6 Å². The van der Waals surface area contributed by atoms with Gasteiger partial charge in [-0.05, 0) is 34.1 Å². The summed E-state index contributed by atoms with van der Waals surface area (Å²) in [5.74, 6) is 1.52. The number of nitrogens with one attached hydrogen (secondary N) is 1. The molecule has 0 amide bonds. The van der Waals surface area contributed by atoms with E-state index in [9.17, 15) is 0 Å². The molecular weight excluding hydrogens is 360 g/mol. The third-order valence-electron chi connectivity index (χ3n) is 3.41. The predicted octanol–water partition coefficient (Wildman–Crippen LogP) is 3.42. The highest BCUT2D eigenvalue weighted by molar-refractivity contribution is 9.10. The number of halogens is 1. The number of benzene rings is 1. The highest BCUT2D eigenvalue weighted by atomic mass is 79.9. The van der Waals surface area contributed by atoms with Crippen LogP contribution in [0.3, 0.4) is 0 Å². The molecule has 0 aliphatic heterocycles. The highest BCUT2D eigenvalue weighted by Gasteiger charge is 2.08. The molecule has 7 heteroatoms. The number of ether oxygens (including phenoxy) is 2. The van der Waals surface area contributed by atoms with Gasteiger partial charge < -0.3 is 14.8 Å². The van der Waals surface area contributed by atoms with Gasteiger partial charge in [-0.15, -0.1) is 5.10 Å². The number of pyridine rings is 1. The Morgan fingerprint density at radius 1 is 1.13 bits per heavy atom. The lowest BCUT2D eigenvalue weighted by Gasteiger charge is -2.12. The Hall–Kier alpha value is -2.41. The van der Waals surface area contributed by atoms with Crippen molar-refractivity contribution in [2.45, 2.75) is 6.54 Å². The van der Waals surface area contributed by atoms with Crippen molar-refractivity contribution in [2.24, 2.45) is 0 Å². The van der Waals surface area contributed by atoms with E-state index in [0.717, 1.165) is 38.3 Å². The van der Waals surface area contributed by atoms with E-state index in [0.29, 0.717) is 6.54 Å². The lowest BCUT2D eigenvalue weighted by molar-refractivity contribution is 0.391. The van der Waals surface area contributed by atoms with Crippen LogP contribution in [0.25, 0.3) is 11.0 Å². The zero-order chi connectivity index (χ0) is 16.2. The van der Waals surface area contributed by atoms with Gasteiger partial charge in [0.2, 0.25) is 0 Å². The molecule has 2 aromatic heterocycles. The van der Waals surface area contributed by atoms with Crippen LogP contribution in [0, 0.1) is 0 Å². The number of anilines is 1. The van der Waals surface area contributed by atoms with Crippen molar-refractivity contribution in [1.29, 1.82) is 0 Å². The van der Waals surface area contributed by atoms with Crippen molar-refractivity contribution in [3.05, 3.63) is 46.7 Å². The summed E-state index contributed by atoms with van der Waals surface area (Å²) in [5.41, 5.74) is 3.33. The van der Waals surface area contributed by atoms with E-state index >= 15 is 0 Å². The van der Waals surface area contributed by atoms with E-state index in [4.69, 9.17) is 9.47 Å². The molecule has 0 saturated heterocycles. The monoisotopic (exact) mass is 374 g/mol. The fourth-order valence-corrected chi connectivity index (χ4v) is 2.56. The molecule has 0 saturated carbocycles. The quantitative estimate of drug-likeness (QED) is 0.737. The molecule has 23 heavy (non-hydrogen) atoms. The molecule has 2 heterocycles. The van der Waals surface area contributed by atoms with Gasteiger partial charge in [0, 0.05) is 28.8 Å². The molecule has 0 unspecified atom stereocenters. The molecule has 0 atom stereocenters. The van der Waals surface area contributed by atoms with Crippen LogP contribution in [0.2, 0.25) is 0 Å². The fourth-order valence-electron chi connectivity index (χ4n) is 2.24. The first-order chi connectivity index (χ1) is 11.2. The molecule has 6 nitrogen and oxygen atoms in total. The first kappa shape index (κ1) is 15.5. The number of nitrogens with zero attached hydrogens (tertiary/aromatic N) is 3. The third kappa shape index (κ3) is 3.34. The Morgan fingerprint density at radius 3 is 2.78 bits per heavy atom. The van der Waals surface area contributed by atoms with Gasteiger partial charge in [-0.25, -0.2) is 0 Å². The van der Waals surface area contributed by atoms with Crippen LogP contribution in [0.1, 0.15) is 5.56 Å². The minimum Gasteiger partial charge on any atom is -0.497 e. The minimum atomic E-state index is 0.575. The van der Waals surface area contributed by atoms with Gasteiger partial charge in [0.15, 0.2) is 0 Å². The normalized spacial score (nSPS) is 10.6. The molecule has 0 fully saturated rings. The molecule has 0 aliphatic carbocycles. The van der Waals surface area contributed by atoms with Crippen molar-refractivity contribution < 1.29 is 9.47 Å². The topological polar surface area (TPSA) is 69.2 Å². The molecule has 1 aromatic carbocycles. The summed E-state index contributed by atoms with van der Waals surface area (Å²) < 4.78 is 11.5. The Labute approximate surface area is 142 Å². The first-order valence-corrected chi connectivity index (χ1v) is 7.72. The second-order valence-electron chi connectivity index (χ2n) is 4.81. The Kier molecular flexibility index (Phi) is 4.57. The number of rotatable bonds is 5. The summed E-state index contributed by atoms with van der Waals surface area (Å²) in [6.45, 7) is 0.575. The van der Waals surface area contributed by atoms with Crippen molar-refractivity contribution >= 4 is 32.7 Å². The van der Waals surface area contributed by atoms with Crippen molar-refractivity contribution in [2.75, 3.05) is 19.5 Å². The first-order valence-electron chi connectivity index (χ1n) is 6.93. The largest absolute Gasteiger partial charge is 0.497 e. The molecular formula is C16H15BrN4O2. The summed E-state index contributed by atoms with van der Waals surface area (Å²) in [6, 6.07) is 7.60. The molecule has 0 spiro atoms. The van der Waals surface area contributed by atoms with Gasteiger partial charge in [-0.1, -0.05) is 0 Å². The average molecular weight is 375 g/mol. The molecule has 1 N–H and O–H groups in total. The number of aromatic nitrogens is 3. The summed E-state index contributed by atoms with van der Waals surface area (Å²) >= 11 is 3.39. The van der Waals surface area contributed by atoms with Crippen LogP contribution in [0.15, 0.2) is 41.1 Å². The van der Waals surface area contributed by atoms with Crippen LogP contribution < -0.4 is 14.8 Å². The van der Waals surface area contributed by atoms with E-state index in [1.165, 1.54) is 0 Å². The number of methoxy groups -OCH3 is 2. The van der Waals surface area contributed by atoms with Gasteiger partial charge in [-0.2, -0.15) is 5.10 Å². The molecule has 0 radical (unpaired) electrons. The van der Waals surface area contributed by atoms with E-state index in [-0.39, 0.29) is 0 Å². The van der Waals surface area contributed by atoms with Crippen LogP contribution >= 0.6 is 15.9 Å². The standard InChI is InChI=1S/C16H15BrN4O2/c1-22-12-4-3-10(15(6-12)23-2)7-18-14-9-20-21-13-5-11(17)8-19-16(13)14/h3-6,8-9H,7H2,1-2H3,(H,18,21). The van der Waals surface area contributed by atoms with Gasteiger partial charge in [-0.3, -0.25) is 4.98 Å². The lowest BCUT2D eigenvalue weighted by Crippen LogP contribution is -2.04. The van der Waals surface area contributed by atoms with Gasteiger partial charge >= 0.3 is 0 Å². The summed E-state index contributed by atoms with van der Waals surface area (Å²) in [5, 5.41) is 11.4. The highest BCUT2D eigenvalue weighted by Crippen LogP contribution is 2.26. The average Bonchev–Trinajstić information content (AvgIpc) is 2.59. The maximum Gasteiger partial charge on any atom is 0.127 e. The van der Waals surface area contributed by atoms with Crippen LogP contribution in [0.4, 0.5) is 5.69 Å². The molecule has 3 rings (SSSR count). The zero-order valence-electron chi connectivity index (χ0n) is 12.7. The fraction of sp³-hybridized carbons (Fsp3) is 0.188. The number of fused-ring (bicyclic) bond motifs is 1. The second-order valence-corrected chi connectivity index (χ2v) is 5.73. The van der Waals surface area contributed by atoms with E-state index < -0.39 is 0 Å². The Balaban J connectivity index is 1.86. The van der Waals surface area contributed by atoms with Crippen molar-refractivity contribution in [3.8, 4) is 11.5 Å².